The SMILES string of the molecule is CCCCCCCC/C=C/CCCCCCCC(=O)N1CCOCC1. The van der Waals surface area contributed by atoms with Crippen LogP contribution in [0.1, 0.15) is 96.8 Å². The van der Waals surface area contributed by atoms with E-state index in [2.05, 4.69) is 19.1 Å². The third-order valence-corrected chi connectivity index (χ3v) is 5.02. The molecule has 3 heteroatoms. The first kappa shape index (κ1) is 22.2. The van der Waals surface area contributed by atoms with Crippen molar-refractivity contribution in [3.05, 3.63) is 12.2 Å². The van der Waals surface area contributed by atoms with Crippen LogP contribution >= 0.6 is 0 Å². The quantitative estimate of drug-likeness (QED) is 0.272. The van der Waals surface area contributed by atoms with Crippen molar-refractivity contribution < 1.29 is 9.53 Å². The predicted octanol–water partition coefficient (Wildman–Crippen LogP) is 5.88. The normalized spacial score (nSPS) is 15.2. The molecule has 146 valence electrons. The Kier molecular flexibility index (Phi) is 14.8. The zero-order valence-corrected chi connectivity index (χ0v) is 16.6. The molecule has 1 saturated heterocycles. The number of rotatable bonds is 15. The Bertz CT molecular complexity index is 335. The Morgan fingerprint density at radius 3 is 1.92 bits per heavy atom. The number of hydrogen-bond acceptors (Lipinski definition) is 2. The molecular formula is C22H41NO2. The minimum Gasteiger partial charge on any atom is -0.378 e. The lowest BCUT2D eigenvalue weighted by Gasteiger charge is -2.26. The summed E-state index contributed by atoms with van der Waals surface area (Å²) in [7, 11) is 0. The lowest BCUT2D eigenvalue weighted by Crippen LogP contribution is -2.40. The van der Waals surface area contributed by atoms with Crippen LogP contribution in [-0.4, -0.2) is 37.1 Å². The summed E-state index contributed by atoms with van der Waals surface area (Å²) in [5.41, 5.74) is 0. The number of unbranched alkanes of at least 4 members (excludes halogenated alkanes) is 11. The number of morpholine rings is 1. The molecule has 1 rings (SSSR count). The minimum atomic E-state index is 0.320. The van der Waals surface area contributed by atoms with Gasteiger partial charge in [-0.3, -0.25) is 4.79 Å². The Morgan fingerprint density at radius 2 is 1.32 bits per heavy atom. The molecule has 0 aromatic carbocycles. The molecule has 0 saturated carbocycles. The average Bonchev–Trinajstić information content (AvgIpc) is 2.65. The second kappa shape index (κ2) is 16.6. The monoisotopic (exact) mass is 351 g/mol. The molecule has 1 fully saturated rings. The molecule has 1 amide bonds. The number of ether oxygens (including phenoxy) is 1. The highest BCUT2D eigenvalue weighted by atomic mass is 16.5. The van der Waals surface area contributed by atoms with Gasteiger partial charge in [-0.1, -0.05) is 70.4 Å². The molecular weight excluding hydrogens is 310 g/mol. The summed E-state index contributed by atoms with van der Waals surface area (Å²) in [4.78, 5) is 13.9. The molecule has 1 heterocycles. The van der Waals surface area contributed by atoms with E-state index in [4.69, 9.17) is 4.74 Å². The van der Waals surface area contributed by atoms with Gasteiger partial charge in [-0.25, -0.2) is 0 Å². The molecule has 1 aliphatic heterocycles. The van der Waals surface area contributed by atoms with Gasteiger partial charge in [0.25, 0.3) is 0 Å². The van der Waals surface area contributed by atoms with Gasteiger partial charge in [0.05, 0.1) is 13.2 Å². The predicted molar refractivity (Wildman–Crippen MR) is 107 cm³/mol. The van der Waals surface area contributed by atoms with E-state index in [-0.39, 0.29) is 0 Å². The molecule has 0 aromatic heterocycles. The highest BCUT2D eigenvalue weighted by Gasteiger charge is 2.15. The van der Waals surface area contributed by atoms with Crippen molar-refractivity contribution >= 4 is 5.91 Å². The van der Waals surface area contributed by atoms with Crippen molar-refractivity contribution in [1.29, 1.82) is 0 Å². The van der Waals surface area contributed by atoms with Crippen molar-refractivity contribution in [2.24, 2.45) is 0 Å². The molecule has 0 radical (unpaired) electrons. The van der Waals surface area contributed by atoms with E-state index in [1.54, 1.807) is 0 Å². The van der Waals surface area contributed by atoms with Crippen LogP contribution in [0, 0.1) is 0 Å². The van der Waals surface area contributed by atoms with Gasteiger partial charge in [-0.05, 0) is 32.1 Å². The maximum absolute atomic E-state index is 12.0. The van der Waals surface area contributed by atoms with Gasteiger partial charge in [-0.2, -0.15) is 0 Å². The fourth-order valence-electron chi connectivity index (χ4n) is 3.32. The zero-order chi connectivity index (χ0) is 18.0. The molecule has 25 heavy (non-hydrogen) atoms. The van der Waals surface area contributed by atoms with Gasteiger partial charge in [0.15, 0.2) is 0 Å². The second-order valence-corrected chi connectivity index (χ2v) is 7.33. The van der Waals surface area contributed by atoms with Crippen molar-refractivity contribution in [2.75, 3.05) is 26.3 Å². The number of allylic oxidation sites excluding steroid dienone is 2. The molecule has 0 aliphatic carbocycles. The highest BCUT2D eigenvalue weighted by Crippen LogP contribution is 2.11. The Hall–Kier alpha value is -0.830. The van der Waals surface area contributed by atoms with Gasteiger partial charge in [0.2, 0.25) is 5.91 Å². The molecule has 1 aliphatic rings. The smallest absolute Gasteiger partial charge is 0.222 e. The Balaban J connectivity index is 1.79. The van der Waals surface area contributed by atoms with Crippen molar-refractivity contribution in [2.45, 2.75) is 96.8 Å². The molecule has 0 aromatic rings. The minimum absolute atomic E-state index is 0.320. The van der Waals surface area contributed by atoms with Crippen molar-refractivity contribution in [3.8, 4) is 0 Å². The molecule has 0 bridgehead atoms. The first-order valence-electron chi connectivity index (χ1n) is 10.8. The standard InChI is InChI=1S/C22H41NO2/c1-2-3-4-5-6-7-8-9-10-11-12-13-14-15-16-17-22(24)23-18-20-25-21-19-23/h9-10H,2-8,11-21H2,1H3/b10-9+. The molecule has 0 spiro atoms. The van der Waals surface area contributed by atoms with Gasteiger partial charge in [0, 0.05) is 19.5 Å². The van der Waals surface area contributed by atoms with E-state index in [9.17, 15) is 4.79 Å². The maximum Gasteiger partial charge on any atom is 0.222 e. The van der Waals surface area contributed by atoms with Crippen LogP contribution in [0.25, 0.3) is 0 Å². The summed E-state index contributed by atoms with van der Waals surface area (Å²) < 4.78 is 5.28. The van der Waals surface area contributed by atoms with E-state index in [0.29, 0.717) is 19.1 Å². The molecule has 0 N–H and O–H groups in total. The lowest BCUT2D eigenvalue weighted by atomic mass is 10.1. The van der Waals surface area contributed by atoms with E-state index in [1.807, 2.05) is 4.90 Å². The topological polar surface area (TPSA) is 29.5 Å². The Labute approximate surface area is 156 Å². The van der Waals surface area contributed by atoms with Crippen LogP contribution in [0.5, 0.6) is 0 Å². The van der Waals surface area contributed by atoms with Gasteiger partial charge >= 0.3 is 0 Å². The number of carbonyl (C=O) groups excluding carboxylic acids is 1. The summed E-state index contributed by atoms with van der Waals surface area (Å²) in [5.74, 6) is 0.320. The van der Waals surface area contributed by atoms with Crippen LogP contribution in [-0.2, 0) is 9.53 Å². The zero-order valence-electron chi connectivity index (χ0n) is 16.6. The van der Waals surface area contributed by atoms with Crippen LogP contribution in [0.4, 0.5) is 0 Å². The average molecular weight is 352 g/mol. The number of nitrogens with zero attached hydrogens (tertiary/aromatic N) is 1. The largest absolute Gasteiger partial charge is 0.378 e. The van der Waals surface area contributed by atoms with Gasteiger partial charge in [0.1, 0.15) is 0 Å². The highest BCUT2D eigenvalue weighted by molar-refractivity contribution is 5.76. The second-order valence-electron chi connectivity index (χ2n) is 7.33. The molecule has 3 nitrogen and oxygen atoms in total. The van der Waals surface area contributed by atoms with Gasteiger partial charge in [-0.15, -0.1) is 0 Å². The lowest BCUT2D eigenvalue weighted by molar-refractivity contribution is -0.135. The summed E-state index contributed by atoms with van der Waals surface area (Å²) in [6.45, 7) is 5.25. The molecule has 0 unspecified atom stereocenters. The summed E-state index contributed by atoms with van der Waals surface area (Å²) in [6.07, 6.45) is 22.4. The molecule has 0 atom stereocenters. The van der Waals surface area contributed by atoms with E-state index < -0.39 is 0 Å². The fourth-order valence-corrected chi connectivity index (χ4v) is 3.32. The number of amides is 1. The number of carbonyl (C=O) groups is 1. The fraction of sp³-hybridized carbons (Fsp3) is 0.864. The van der Waals surface area contributed by atoms with Crippen LogP contribution in [0.15, 0.2) is 12.2 Å². The van der Waals surface area contributed by atoms with Crippen LogP contribution < -0.4 is 0 Å². The van der Waals surface area contributed by atoms with Gasteiger partial charge < -0.3 is 9.64 Å². The van der Waals surface area contributed by atoms with Crippen LogP contribution in [0.2, 0.25) is 0 Å². The summed E-state index contributed by atoms with van der Waals surface area (Å²) in [5, 5.41) is 0. The van der Waals surface area contributed by atoms with Crippen LogP contribution in [0.3, 0.4) is 0 Å². The van der Waals surface area contributed by atoms with E-state index in [1.165, 1.54) is 77.0 Å². The third-order valence-electron chi connectivity index (χ3n) is 5.02. The first-order chi connectivity index (χ1) is 12.3. The van der Waals surface area contributed by atoms with Crippen molar-refractivity contribution in [1.82, 2.24) is 4.90 Å². The third kappa shape index (κ3) is 13.1. The maximum atomic E-state index is 12.0. The number of hydrogen-bond donors (Lipinski definition) is 0. The van der Waals surface area contributed by atoms with E-state index in [0.717, 1.165) is 25.9 Å². The Morgan fingerprint density at radius 1 is 0.800 bits per heavy atom. The van der Waals surface area contributed by atoms with Crippen molar-refractivity contribution in [3.63, 3.8) is 0 Å². The first-order valence-corrected chi connectivity index (χ1v) is 10.8. The summed E-state index contributed by atoms with van der Waals surface area (Å²) in [6, 6.07) is 0. The van der Waals surface area contributed by atoms with E-state index >= 15 is 0 Å². The summed E-state index contributed by atoms with van der Waals surface area (Å²) >= 11 is 0.